The lowest BCUT2D eigenvalue weighted by Crippen LogP contribution is -2.48. The monoisotopic (exact) mass is 495 g/mol. The minimum Gasteiger partial charge on any atom is -0.352 e. The van der Waals surface area contributed by atoms with Crippen molar-refractivity contribution in [3.8, 4) is 0 Å². The molecule has 1 unspecified atom stereocenters. The maximum atomic E-state index is 14.5. The molecule has 0 aromatic heterocycles. The van der Waals surface area contributed by atoms with Crippen LogP contribution in [0.15, 0.2) is 109 Å². The van der Waals surface area contributed by atoms with Gasteiger partial charge in [-0.2, -0.15) is 0 Å². The zero-order valence-electron chi connectivity index (χ0n) is 20.9. The summed E-state index contributed by atoms with van der Waals surface area (Å²) in [7, 11) is 0. The molecule has 38 heavy (non-hydrogen) atoms. The summed E-state index contributed by atoms with van der Waals surface area (Å²) in [5, 5.41) is 0. The fourth-order valence-corrected chi connectivity index (χ4v) is 6.90. The average molecular weight is 496 g/mol. The molecule has 1 spiro atoms. The fraction of sp³-hybridized carbons (Fsp3) is 0.147. The number of anilines is 1. The van der Waals surface area contributed by atoms with Gasteiger partial charge in [0.05, 0.1) is 6.04 Å². The number of hydrogen-bond acceptors (Lipinski definition) is 4. The summed E-state index contributed by atoms with van der Waals surface area (Å²) in [5.74, 6) is -1.18. The first kappa shape index (κ1) is 22.6. The van der Waals surface area contributed by atoms with Crippen LogP contribution in [0.3, 0.4) is 0 Å². The molecule has 4 nitrogen and oxygen atoms in total. The van der Waals surface area contributed by atoms with E-state index in [4.69, 9.17) is 0 Å². The third kappa shape index (κ3) is 2.89. The second kappa shape index (κ2) is 8.22. The molecule has 4 aromatic carbocycles. The second-order valence-corrected chi connectivity index (χ2v) is 10.4. The third-order valence-electron chi connectivity index (χ3n) is 8.44. The minimum atomic E-state index is -1.46. The number of carbonyl (C=O) groups is 3. The van der Waals surface area contributed by atoms with E-state index in [9.17, 15) is 14.4 Å². The molecule has 2 heterocycles. The molecule has 4 aromatic rings. The Morgan fingerprint density at radius 2 is 1.37 bits per heavy atom. The Balaban J connectivity index is 1.55. The summed E-state index contributed by atoms with van der Waals surface area (Å²) < 4.78 is 0. The van der Waals surface area contributed by atoms with Gasteiger partial charge in [0.2, 0.25) is 0 Å². The van der Waals surface area contributed by atoms with Gasteiger partial charge in [0.1, 0.15) is 11.5 Å². The summed E-state index contributed by atoms with van der Waals surface area (Å²) >= 11 is 0. The highest BCUT2D eigenvalue weighted by Crippen LogP contribution is 2.60. The molecule has 0 radical (unpaired) electrons. The molecule has 0 bridgehead atoms. The number of fused-ring (bicyclic) bond motifs is 5. The Morgan fingerprint density at radius 1 is 0.763 bits per heavy atom. The molecular weight excluding hydrogens is 470 g/mol. The van der Waals surface area contributed by atoms with Crippen molar-refractivity contribution < 1.29 is 14.4 Å². The number of benzene rings is 4. The summed E-state index contributed by atoms with van der Waals surface area (Å²) in [5.41, 5.74) is 3.74. The molecule has 2 aliphatic heterocycles. The predicted molar refractivity (Wildman–Crippen MR) is 148 cm³/mol. The van der Waals surface area contributed by atoms with E-state index in [-0.39, 0.29) is 17.3 Å². The maximum absolute atomic E-state index is 14.5. The molecule has 1 saturated heterocycles. The first-order valence-corrected chi connectivity index (χ1v) is 12.9. The maximum Gasteiger partial charge on any atom is 0.185 e. The van der Waals surface area contributed by atoms with E-state index in [0.717, 1.165) is 22.4 Å². The second-order valence-electron chi connectivity index (χ2n) is 10.4. The number of aryl methyl sites for hydroxylation is 1. The van der Waals surface area contributed by atoms with Gasteiger partial charge in [0.25, 0.3) is 0 Å². The molecule has 0 amide bonds. The first-order valence-electron chi connectivity index (χ1n) is 12.9. The smallest absolute Gasteiger partial charge is 0.185 e. The van der Waals surface area contributed by atoms with Gasteiger partial charge in [-0.15, -0.1) is 0 Å². The summed E-state index contributed by atoms with van der Waals surface area (Å²) in [4.78, 5) is 45.7. The summed E-state index contributed by atoms with van der Waals surface area (Å²) in [6.07, 6.45) is 3.98. The van der Waals surface area contributed by atoms with Crippen molar-refractivity contribution in [2.24, 2.45) is 5.41 Å². The Labute approximate surface area is 221 Å². The lowest BCUT2D eigenvalue weighted by atomic mass is 9.64. The number of rotatable bonds is 3. The van der Waals surface area contributed by atoms with Crippen LogP contribution in [0.25, 0.3) is 6.08 Å². The van der Waals surface area contributed by atoms with Gasteiger partial charge in [0, 0.05) is 28.3 Å². The topological polar surface area (TPSA) is 54.5 Å². The lowest BCUT2D eigenvalue weighted by molar-refractivity contribution is 0.0666. The molecule has 1 aliphatic carbocycles. The number of Topliss-reactive ketones (excluding diaryl/α,β-unsaturated/α-hetero) is 3. The molecular formula is C34H25NO3. The van der Waals surface area contributed by atoms with E-state index in [0.29, 0.717) is 16.7 Å². The van der Waals surface area contributed by atoms with Crippen molar-refractivity contribution in [2.75, 3.05) is 4.90 Å². The number of hydrogen-bond donors (Lipinski definition) is 0. The van der Waals surface area contributed by atoms with E-state index in [1.807, 2.05) is 91.9 Å². The highest BCUT2D eigenvalue weighted by atomic mass is 16.2. The fourth-order valence-electron chi connectivity index (χ4n) is 6.90. The molecule has 3 atom stereocenters. The Morgan fingerprint density at radius 3 is 2.03 bits per heavy atom. The quantitative estimate of drug-likeness (QED) is 0.247. The van der Waals surface area contributed by atoms with Crippen molar-refractivity contribution in [1.29, 1.82) is 0 Å². The largest absolute Gasteiger partial charge is 0.352 e. The van der Waals surface area contributed by atoms with E-state index in [1.54, 1.807) is 24.3 Å². The zero-order chi connectivity index (χ0) is 26.0. The van der Waals surface area contributed by atoms with Crippen molar-refractivity contribution >= 4 is 29.1 Å². The van der Waals surface area contributed by atoms with Crippen LogP contribution in [0, 0.1) is 12.3 Å². The van der Waals surface area contributed by atoms with Crippen LogP contribution < -0.4 is 4.90 Å². The number of ketones is 3. The molecule has 7 rings (SSSR count). The Hall–Kier alpha value is -4.57. The number of carbonyl (C=O) groups excluding carboxylic acids is 3. The van der Waals surface area contributed by atoms with E-state index in [2.05, 4.69) is 11.0 Å². The molecule has 184 valence electrons. The van der Waals surface area contributed by atoms with Crippen LogP contribution in [0.4, 0.5) is 5.69 Å². The Bertz CT molecular complexity index is 1620. The van der Waals surface area contributed by atoms with E-state index < -0.39 is 23.4 Å². The van der Waals surface area contributed by atoms with Crippen LogP contribution in [0.1, 0.15) is 53.7 Å². The van der Waals surface area contributed by atoms with Crippen molar-refractivity contribution in [2.45, 2.75) is 24.9 Å². The van der Waals surface area contributed by atoms with Gasteiger partial charge in [-0.3, -0.25) is 14.4 Å². The zero-order valence-corrected chi connectivity index (χ0v) is 20.9. The molecule has 1 fully saturated rings. The van der Waals surface area contributed by atoms with E-state index in [1.165, 1.54) is 0 Å². The van der Waals surface area contributed by atoms with Gasteiger partial charge in [-0.1, -0.05) is 109 Å². The van der Waals surface area contributed by atoms with Crippen LogP contribution in [-0.2, 0) is 0 Å². The summed E-state index contributed by atoms with van der Waals surface area (Å²) in [6.45, 7) is 2.03. The Kier molecular flexibility index (Phi) is 4.89. The average Bonchev–Trinajstić information content (AvgIpc) is 3.39. The van der Waals surface area contributed by atoms with Crippen LogP contribution in [-0.4, -0.2) is 29.4 Å². The molecule has 4 heteroatoms. The van der Waals surface area contributed by atoms with Gasteiger partial charge < -0.3 is 4.90 Å². The van der Waals surface area contributed by atoms with Gasteiger partial charge in [0.15, 0.2) is 17.3 Å². The van der Waals surface area contributed by atoms with Crippen molar-refractivity contribution in [3.63, 3.8) is 0 Å². The van der Waals surface area contributed by atoms with Crippen molar-refractivity contribution in [3.05, 3.63) is 143 Å². The predicted octanol–water partition coefficient (Wildman–Crippen LogP) is 6.31. The number of nitrogens with zero attached hydrogens (tertiary/aromatic N) is 1. The SMILES string of the molecule is Cc1ccc2c(c1)C=CC1N2[C@@H](C(=O)c2ccccc2)[C@H](c2ccccc2)C12C(=O)c1ccccc1C2=O. The van der Waals surface area contributed by atoms with Gasteiger partial charge in [-0.25, -0.2) is 0 Å². The van der Waals surface area contributed by atoms with Crippen LogP contribution >= 0.6 is 0 Å². The van der Waals surface area contributed by atoms with Crippen LogP contribution in [0.2, 0.25) is 0 Å². The minimum absolute atomic E-state index is 0.0975. The van der Waals surface area contributed by atoms with Gasteiger partial charge in [-0.05, 0) is 30.2 Å². The lowest BCUT2D eigenvalue weighted by Gasteiger charge is -2.37. The molecule has 0 saturated carbocycles. The standard InChI is InChI=1S/C34H25NO3/c1-21-16-18-27-24(20-21)17-19-28-34(32(37)25-14-8-9-15-26(25)33(34)38)29(22-10-4-2-5-11-22)30(35(27)28)31(36)23-12-6-3-7-13-23/h2-20,28-30H,1H3/t28?,29-,30+/m0/s1. The normalized spacial score (nSPS) is 22.3. The van der Waals surface area contributed by atoms with Gasteiger partial charge >= 0.3 is 0 Å². The van der Waals surface area contributed by atoms with E-state index >= 15 is 0 Å². The van der Waals surface area contributed by atoms with Crippen LogP contribution in [0.5, 0.6) is 0 Å². The molecule has 3 aliphatic rings. The third-order valence-corrected chi connectivity index (χ3v) is 8.44. The highest BCUT2D eigenvalue weighted by molar-refractivity contribution is 6.32. The van der Waals surface area contributed by atoms with Crippen molar-refractivity contribution in [1.82, 2.24) is 0 Å². The molecule has 0 N–H and O–H groups in total. The summed E-state index contributed by atoms with van der Waals surface area (Å²) in [6, 6.07) is 30.7. The first-order chi connectivity index (χ1) is 18.5. The highest BCUT2D eigenvalue weighted by Gasteiger charge is 2.71.